The van der Waals surface area contributed by atoms with Crippen LogP contribution in [-0.4, -0.2) is 30.5 Å². The standard InChI is InChI=1S/C23H21N3O4S/c1-15-11-17(25-30-15)14-31-23-24-21(12-16-7-9-19(28-2)10-8-16)22(27)26(23)18-5-4-6-20(13-18)29-3/h4-13H,14H2,1-3H3/b21-12+. The Balaban J connectivity index is 1.66. The lowest BCUT2D eigenvalue weighted by molar-refractivity contribution is -0.113. The van der Waals surface area contributed by atoms with Gasteiger partial charge in [-0.2, -0.15) is 0 Å². The Morgan fingerprint density at radius 3 is 2.52 bits per heavy atom. The van der Waals surface area contributed by atoms with E-state index < -0.39 is 0 Å². The van der Waals surface area contributed by atoms with E-state index in [1.54, 1.807) is 25.2 Å². The number of nitrogens with zero attached hydrogens (tertiary/aromatic N) is 3. The Hall–Kier alpha value is -3.52. The lowest BCUT2D eigenvalue weighted by Crippen LogP contribution is -2.30. The maximum Gasteiger partial charge on any atom is 0.283 e. The fourth-order valence-electron chi connectivity index (χ4n) is 3.05. The van der Waals surface area contributed by atoms with Crippen LogP contribution >= 0.6 is 11.8 Å². The Kier molecular flexibility index (Phi) is 6.08. The predicted molar refractivity (Wildman–Crippen MR) is 121 cm³/mol. The lowest BCUT2D eigenvalue weighted by Gasteiger charge is -2.18. The molecule has 1 aliphatic rings. The minimum absolute atomic E-state index is 0.206. The number of benzene rings is 2. The van der Waals surface area contributed by atoms with Crippen molar-refractivity contribution in [1.82, 2.24) is 5.16 Å². The number of hydrogen-bond donors (Lipinski definition) is 0. The van der Waals surface area contributed by atoms with Crippen molar-refractivity contribution >= 4 is 34.6 Å². The topological polar surface area (TPSA) is 77.2 Å². The number of carbonyl (C=O) groups excluding carboxylic acids is 1. The van der Waals surface area contributed by atoms with Crippen LogP contribution in [0.3, 0.4) is 0 Å². The van der Waals surface area contributed by atoms with E-state index in [2.05, 4.69) is 10.1 Å². The Bertz CT molecular complexity index is 1150. The molecule has 8 heteroatoms. The van der Waals surface area contributed by atoms with Crippen LogP contribution in [0.5, 0.6) is 11.5 Å². The summed E-state index contributed by atoms with van der Waals surface area (Å²) in [5.41, 5.74) is 2.68. The van der Waals surface area contributed by atoms with Crippen LogP contribution in [0.15, 0.2) is 69.8 Å². The normalized spacial score (nSPS) is 14.8. The molecule has 4 rings (SSSR count). The third-order valence-corrected chi connectivity index (χ3v) is 5.56. The molecule has 1 aromatic heterocycles. The van der Waals surface area contributed by atoms with E-state index in [1.807, 2.05) is 61.5 Å². The van der Waals surface area contributed by atoms with Crippen molar-refractivity contribution in [3.05, 3.63) is 77.3 Å². The maximum absolute atomic E-state index is 13.3. The molecule has 1 aliphatic heterocycles. The number of carbonyl (C=O) groups is 1. The fraction of sp³-hybridized carbons (Fsp3) is 0.174. The highest BCUT2D eigenvalue weighted by Crippen LogP contribution is 2.32. The minimum atomic E-state index is -0.206. The summed E-state index contributed by atoms with van der Waals surface area (Å²) in [5, 5.41) is 4.59. The molecule has 2 aromatic carbocycles. The largest absolute Gasteiger partial charge is 0.497 e. The molecule has 0 saturated carbocycles. The molecular formula is C23H21N3O4S. The first-order valence-corrected chi connectivity index (χ1v) is 10.5. The molecule has 31 heavy (non-hydrogen) atoms. The first-order valence-electron chi connectivity index (χ1n) is 9.55. The summed E-state index contributed by atoms with van der Waals surface area (Å²) in [6.45, 7) is 1.84. The van der Waals surface area contributed by atoms with Gasteiger partial charge in [-0.1, -0.05) is 35.1 Å². The number of hydrogen-bond acceptors (Lipinski definition) is 7. The molecule has 1 amide bonds. The summed E-state index contributed by atoms with van der Waals surface area (Å²) < 4.78 is 15.7. The van der Waals surface area contributed by atoms with Gasteiger partial charge >= 0.3 is 0 Å². The van der Waals surface area contributed by atoms with Gasteiger partial charge in [0.15, 0.2) is 5.17 Å². The first-order chi connectivity index (χ1) is 15.1. The third-order valence-electron chi connectivity index (χ3n) is 4.59. The molecule has 2 heterocycles. The molecule has 0 saturated heterocycles. The highest BCUT2D eigenvalue weighted by atomic mass is 32.2. The van der Waals surface area contributed by atoms with E-state index in [9.17, 15) is 4.79 Å². The third kappa shape index (κ3) is 4.64. The smallest absolute Gasteiger partial charge is 0.283 e. The molecule has 0 unspecified atom stereocenters. The van der Waals surface area contributed by atoms with Crippen molar-refractivity contribution in [3.8, 4) is 11.5 Å². The molecule has 0 N–H and O–H groups in total. The van der Waals surface area contributed by atoms with Gasteiger partial charge in [0.05, 0.1) is 25.6 Å². The number of amides is 1. The van der Waals surface area contributed by atoms with Crippen molar-refractivity contribution in [3.63, 3.8) is 0 Å². The van der Waals surface area contributed by atoms with Crippen molar-refractivity contribution in [2.24, 2.45) is 4.99 Å². The molecular weight excluding hydrogens is 414 g/mol. The van der Waals surface area contributed by atoms with Gasteiger partial charge in [0, 0.05) is 17.9 Å². The fourth-order valence-corrected chi connectivity index (χ4v) is 3.95. The summed E-state index contributed by atoms with van der Waals surface area (Å²) in [5.74, 6) is 2.47. The number of ether oxygens (including phenoxy) is 2. The second-order valence-electron chi connectivity index (χ2n) is 6.76. The summed E-state index contributed by atoms with van der Waals surface area (Å²) in [4.78, 5) is 19.5. The number of aromatic nitrogens is 1. The number of anilines is 1. The molecule has 0 fully saturated rings. The molecule has 3 aromatic rings. The van der Waals surface area contributed by atoms with Crippen LogP contribution in [0.25, 0.3) is 6.08 Å². The molecule has 0 radical (unpaired) electrons. The molecule has 0 atom stereocenters. The van der Waals surface area contributed by atoms with Gasteiger partial charge in [0.2, 0.25) is 0 Å². The second-order valence-corrected chi connectivity index (χ2v) is 7.70. The highest BCUT2D eigenvalue weighted by Gasteiger charge is 2.32. The Morgan fingerprint density at radius 2 is 1.84 bits per heavy atom. The zero-order valence-electron chi connectivity index (χ0n) is 17.4. The van der Waals surface area contributed by atoms with Crippen molar-refractivity contribution in [2.45, 2.75) is 12.7 Å². The zero-order valence-corrected chi connectivity index (χ0v) is 18.2. The van der Waals surface area contributed by atoms with Crippen molar-refractivity contribution in [2.75, 3.05) is 19.1 Å². The van der Waals surface area contributed by atoms with E-state index in [1.165, 1.54) is 11.8 Å². The molecule has 0 bridgehead atoms. The zero-order chi connectivity index (χ0) is 21.8. The summed E-state index contributed by atoms with van der Waals surface area (Å²) >= 11 is 1.42. The van der Waals surface area contributed by atoms with E-state index in [0.717, 1.165) is 22.8 Å². The number of aliphatic imine (C=N–C) groups is 1. The number of aryl methyl sites for hydroxylation is 1. The number of rotatable bonds is 6. The Morgan fingerprint density at radius 1 is 1.06 bits per heavy atom. The predicted octanol–water partition coefficient (Wildman–Crippen LogP) is 4.68. The van der Waals surface area contributed by atoms with E-state index >= 15 is 0 Å². The van der Waals surface area contributed by atoms with Crippen LogP contribution in [0.2, 0.25) is 0 Å². The van der Waals surface area contributed by atoms with Gasteiger partial charge in [-0.05, 0) is 42.8 Å². The summed E-state index contributed by atoms with van der Waals surface area (Å²) in [6, 6.07) is 16.7. The SMILES string of the molecule is COc1ccc(/C=C2/N=C(SCc3cc(C)on3)N(c3cccc(OC)c3)C2=O)cc1. The summed E-state index contributed by atoms with van der Waals surface area (Å²) in [6.07, 6.45) is 1.77. The monoisotopic (exact) mass is 435 g/mol. The van der Waals surface area contributed by atoms with Gasteiger partial charge in [0.1, 0.15) is 23.0 Å². The second kappa shape index (κ2) is 9.09. The minimum Gasteiger partial charge on any atom is -0.497 e. The van der Waals surface area contributed by atoms with Crippen molar-refractivity contribution in [1.29, 1.82) is 0 Å². The average Bonchev–Trinajstić information content (AvgIpc) is 3.35. The van der Waals surface area contributed by atoms with Gasteiger partial charge in [-0.15, -0.1) is 0 Å². The van der Waals surface area contributed by atoms with Gasteiger partial charge in [0.25, 0.3) is 5.91 Å². The van der Waals surface area contributed by atoms with Gasteiger partial charge < -0.3 is 14.0 Å². The average molecular weight is 436 g/mol. The first kappa shape index (κ1) is 20.7. The van der Waals surface area contributed by atoms with E-state index in [-0.39, 0.29) is 5.91 Å². The quantitative estimate of drug-likeness (QED) is 0.524. The van der Waals surface area contributed by atoms with Crippen LogP contribution in [-0.2, 0) is 10.5 Å². The van der Waals surface area contributed by atoms with Crippen LogP contribution in [0, 0.1) is 6.92 Å². The van der Waals surface area contributed by atoms with Gasteiger partial charge in [-0.25, -0.2) is 4.99 Å². The maximum atomic E-state index is 13.3. The molecule has 7 nitrogen and oxygen atoms in total. The number of thioether (sulfide) groups is 1. The van der Waals surface area contributed by atoms with Crippen LogP contribution in [0.1, 0.15) is 17.0 Å². The molecule has 0 aliphatic carbocycles. The van der Waals surface area contributed by atoms with Gasteiger partial charge in [-0.3, -0.25) is 9.69 Å². The van der Waals surface area contributed by atoms with E-state index in [0.29, 0.717) is 28.1 Å². The number of methoxy groups -OCH3 is 2. The number of amidine groups is 1. The van der Waals surface area contributed by atoms with Crippen LogP contribution < -0.4 is 14.4 Å². The highest BCUT2D eigenvalue weighted by molar-refractivity contribution is 8.13. The van der Waals surface area contributed by atoms with Crippen molar-refractivity contribution < 1.29 is 18.8 Å². The van der Waals surface area contributed by atoms with Crippen LogP contribution in [0.4, 0.5) is 5.69 Å². The van der Waals surface area contributed by atoms with E-state index in [4.69, 9.17) is 14.0 Å². The molecule has 0 spiro atoms. The lowest BCUT2D eigenvalue weighted by atomic mass is 10.2. The Labute approximate surface area is 184 Å². The summed E-state index contributed by atoms with van der Waals surface area (Å²) in [7, 11) is 3.21. The molecule has 158 valence electrons.